The van der Waals surface area contributed by atoms with Crippen LogP contribution in [0.1, 0.15) is 11.3 Å². The molecule has 0 aliphatic rings. The number of primary sulfonamides is 1. The van der Waals surface area contributed by atoms with Gasteiger partial charge in [0.1, 0.15) is 11.4 Å². The molecule has 0 aliphatic heterocycles. The Hall–Kier alpha value is -2.89. The van der Waals surface area contributed by atoms with E-state index in [1.807, 2.05) is 0 Å². The summed E-state index contributed by atoms with van der Waals surface area (Å²) in [5.74, 6) is 0.548. The average molecular weight is 483 g/mol. The first-order chi connectivity index (χ1) is 15.3. The predicted molar refractivity (Wildman–Crippen MR) is 119 cm³/mol. The number of ether oxygens (including phenoxy) is 1. The van der Waals surface area contributed by atoms with Crippen molar-refractivity contribution in [3.8, 4) is 28.1 Å². The molecule has 1 heterocycles. The van der Waals surface area contributed by atoms with E-state index in [1.165, 1.54) is 31.4 Å². The third-order valence-electron chi connectivity index (χ3n) is 5.12. The van der Waals surface area contributed by atoms with E-state index in [-0.39, 0.29) is 22.7 Å². The number of hydrogen-bond acceptors (Lipinski definition) is 5. The number of methoxy groups -OCH3 is 1. The highest BCUT2D eigenvalue weighted by Crippen LogP contribution is 2.43. The van der Waals surface area contributed by atoms with Gasteiger partial charge in [-0.15, -0.1) is 0 Å². The van der Waals surface area contributed by atoms with Crippen LogP contribution in [0.5, 0.6) is 5.75 Å². The maximum absolute atomic E-state index is 14.3. The van der Waals surface area contributed by atoms with E-state index in [0.29, 0.717) is 29.0 Å². The minimum atomic E-state index is -4.68. The van der Waals surface area contributed by atoms with E-state index in [4.69, 9.17) is 9.88 Å². The van der Waals surface area contributed by atoms with Crippen LogP contribution in [-0.2, 0) is 22.7 Å². The molecule has 1 aromatic heterocycles. The van der Waals surface area contributed by atoms with E-state index in [2.05, 4.69) is 5.10 Å². The summed E-state index contributed by atoms with van der Waals surface area (Å²) in [6.07, 6.45) is -4.68. The lowest BCUT2D eigenvalue weighted by molar-refractivity contribution is -0.143. The van der Waals surface area contributed by atoms with Crippen molar-refractivity contribution < 1.29 is 26.3 Å². The molecule has 0 amide bonds. The van der Waals surface area contributed by atoms with Crippen molar-refractivity contribution >= 4 is 10.0 Å². The molecule has 33 heavy (non-hydrogen) atoms. The number of halogens is 3. The third kappa shape index (κ3) is 5.37. The molecule has 0 bridgehead atoms. The summed E-state index contributed by atoms with van der Waals surface area (Å²) in [6.45, 7) is 2.10. The zero-order valence-electron chi connectivity index (χ0n) is 18.6. The SMILES string of the molecule is COc1ccc(-c2c(-c3ccc(S(N)(=O)=O)cc3)nn(CCN(C)C)c2C(F)(F)F)cc1C. The molecule has 0 unspecified atom stereocenters. The fourth-order valence-electron chi connectivity index (χ4n) is 3.52. The average Bonchev–Trinajstić information content (AvgIpc) is 3.11. The molecule has 2 N–H and O–H groups in total. The molecule has 0 atom stereocenters. The van der Waals surface area contributed by atoms with Gasteiger partial charge in [-0.05, 0) is 56.4 Å². The number of alkyl halides is 3. The van der Waals surface area contributed by atoms with Gasteiger partial charge < -0.3 is 9.64 Å². The Labute approximate surface area is 190 Å². The Morgan fingerprint density at radius 2 is 1.70 bits per heavy atom. The number of aryl methyl sites for hydroxylation is 1. The Bertz CT molecular complexity index is 1250. The third-order valence-corrected chi connectivity index (χ3v) is 6.05. The topological polar surface area (TPSA) is 90.5 Å². The molecule has 0 saturated heterocycles. The van der Waals surface area contributed by atoms with Gasteiger partial charge in [0.25, 0.3) is 0 Å². The molecule has 0 radical (unpaired) electrons. The number of nitrogens with zero attached hydrogens (tertiary/aromatic N) is 3. The molecule has 0 fully saturated rings. The first-order valence-corrected chi connectivity index (χ1v) is 11.5. The highest BCUT2D eigenvalue weighted by molar-refractivity contribution is 7.89. The van der Waals surface area contributed by atoms with Gasteiger partial charge in [0.2, 0.25) is 10.0 Å². The second-order valence-electron chi connectivity index (χ2n) is 7.85. The summed E-state index contributed by atoms with van der Waals surface area (Å²) >= 11 is 0. The minimum Gasteiger partial charge on any atom is -0.496 e. The smallest absolute Gasteiger partial charge is 0.433 e. The number of nitrogens with two attached hydrogens (primary N) is 1. The number of aromatic nitrogens is 2. The molecule has 2 aromatic carbocycles. The van der Waals surface area contributed by atoms with Crippen molar-refractivity contribution in [3.05, 3.63) is 53.7 Å². The molecular formula is C22H25F3N4O3S. The van der Waals surface area contributed by atoms with Crippen LogP contribution in [0.3, 0.4) is 0 Å². The van der Waals surface area contributed by atoms with Crippen molar-refractivity contribution in [3.63, 3.8) is 0 Å². The van der Waals surface area contributed by atoms with Crippen molar-refractivity contribution in [2.24, 2.45) is 5.14 Å². The molecular weight excluding hydrogens is 457 g/mol. The van der Waals surface area contributed by atoms with Crippen molar-refractivity contribution in [2.75, 3.05) is 27.7 Å². The Kier molecular flexibility index (Phi) is 6.87. The van der Waals surface area contributed by atoms with Crippen molar-refractivity contribution in [1.82, 2.24) is 14.7 Å². The van der Waals surface area contributed by atoms with Gasteiger partial charge in [0.15, 0.2) is 5.69 Å². The molecule has 3 rings (SSSR count). The summed E-state index contributed by atoms with van der Waals surface area (Å²) in [6, 6.07) is 10.1. The van der Waals surface area contributed by atoms with Crippen LogP contribution in [0.2, 0.25) is 0 Å². The Balaban J connectivity index is 2.30. The number of sulfonamides is 1. The van der Waals surface area contributed by atoms with E-state index in [9.17, 15) is 21.6 Å². The number of hydrogen-bond donors (Lipinski definition) is 1. The first kappa shape index (κ1) is 24.7. The van der Waals surface area contributed by atoms with Crippen LogP contribution >= 0.6 is 0 Å². The van der Waals surface area contributed by atoms with Gasteiger partial charge >= 0.3 is 6.18 Å². The van der Waals surface area contributed by atoms with E-state index < -0.39 is 21.9 Å². The second-order valence-corrected chi connectivity index (χ2v) is 9.41. The maximum atomic E-state index is 14.3. The van der Waals surface area contributed by atoms with Crippen molar-refractivity contribution in [2.45, 2.75) is 24.5 Å². The monoisotopic (exact) mass is 482 g/mol. The highest BCUT2D eigenvalue weighted by atomic mass is 32.2. The summed E-state index contributed by atoms with van der Waals surface area (Å²) in [4.78, 5) is 1.62. The summed E-state index contributed by atoms with van der Waals surface area (Å²) < 4.78 is 72.4. The quantitative estimate of drug-likeness (QED) is 0.554. The lowest BCUT2D eigenvalue weighted by atomic mass is 9.97. The first-order valence-electron chi connectivity index (χ1n) is 9.94. The van der Waals surface area contributed by atoms with Gasteiger partial charge in [-0.25, -0.2) is 13.6 Å². The van der Waals surface area contributed by atoms with E-state index >= 15 is 0 Å². The number of likely N-dealkylation sites (N-methyl/N-ethyl adjacent to an activating group) is 1. The fourth-order valence-corrected chi connectivity index (χ4v) is 4.03. The molecule has 0 spiro atoms. The van der Waals surface area contributed by atoms with Crippen LogP contribution in [0.15, 0.2) is 47.4 Å². The molecule has 7 nitrogen and oxygen atoms in total. The number of benzene rings is 2. The largest absolute Gasteiger partial charge is 0.496 e. The van der Waals surface area contributed by atoms with Crippen molar-refractivity contribution in [1.29, 1.82) is 0 Å². The second kappa shape index (κ2) is 9.16. The molecule has 11 heteroatoms. The molecule has 0 aliphatic carbocycles. The Morgan fingerprint density at radius 3 is 2.18 bits per heavy atom. The zero-order valence-corrected chi connectivity index (χ0v) is 19.5. The maximum Gasteiger partial charge on any atom is 0.433 e. The predicted octanol–water partition coefficient (Wildman–Crippen LogP) is 3.76. The lowest BCUT2D eigenvalue weighted by Crippen LogP contribution is -2.23. The van der Waals surface area contributed by atoms with Gasteiger partial charge in [0, 0.05) is 17.7 Å². The van der Waals surface area contributed by atoms with Gasteiger partial charge in [-0.1, -0.05) is 18.2 Å². The standard InChI is InChI=1S/C22H25F3N4O3S/c1-14-13-16(7-10-18(14)32-4)19-20(15-5-8-17(9-6-15)33(26,30)31)27-29(12-11-28(2)3)21(19)22(23,24)25/h5-10,13H,11-12H2,1-4H3,(H2,26,30,31). The van der Waals surface area contributed by atoms with Crippen LogP contribution < -0.4 is 9.88 Å². The van der Waals surface area contributed by atoms with Gasteiger partial charge in [-0.3, -0.25) is 4.68 Å². The number of rotatable bonds is 7. The Morgan fingerprint density at radius 1 is 1.09 bits per heavy atom. The molecule has 0 saturated carbocycles. The van der Waals surface area contributed by atoms with Crippen LogP contribution in [-0.4, -0.2) is 50.8 Å². The molecule has 178 valence electrons. The van der Waals surface area contributed by atoms with E-state index in [1.54, 1.807) is 44.1 Å². The van der Waals surface area contributed by atoms with Gasteiger partial charge in [0.05, 0.1) is 18.6 Å². The zero-order chi connectivity index (χ0) is 24.6. The van der Waals surface area contributed by atoms with Gasteiger partial charge in [-0.2, -0.15) is 18.3 Å². The normalized spacial score (nSPS) is 12.4. The lowest BCUT2D eigenvalue weighted by Gasteiger charge is -2.15. The molecule has 3 aromatic rings. The summed E-state index contributed by atoms with van der Waals surface area (Å²) in [5, 5.41) is 9.47. The fraction of sp³-hybridized carbons (Fsp3) is 0.318. The van der Waals surface area contributed by atoms with E-state index in [0.717, 1.165) is 4.68 Å². The summed E-state index contributed by atoms with van der Waals surface area (Å²) in [7, 11) is 1.06. The van der Waals surface area contributed by atoms with Crippen LogP contribution in [0.4, 0.5) is 13.2 Å². The van der Waals surface area contributed by atoms with Crippen LogP contribution in [0, 0.1) is 6.92 Å². The minimum absolute atomic E-state index is 0.0131. The highest BCUT2D eigenvalue weighted by Gasteiger charge is 2.40. The summed E-state index contributed by atoms with van der Waals surface area (Å²) in [5.41, 5.74) is 0.448. The van der Waals surface area contributed by atoms with Crippen LogP contribution in [0.25, 0.3) is 22.4 Å².